The van der Waals surface area contributed by atoms with Gasteiger partial charge in [0.15, 0.2) is 0 Å². The molecule has 3 atom stereocenters. The molecule has 3 rings (SSSR count). The first-order chi connectivity index (χ1) is 9.86. The number of pyridine rings is 1. The van der Waals surface area contributed by atoms with Crippen molar-refractivity contribution in [2.45, 2.75) is 24.8 Å². The van der Waals surface area contributed by atoms with Gasteiger partial charge in [0.05, 0.1) is 26.0 Å². The summed E-state index contributed by atoms with van der Waals surface area (Å²) in [5.74, 6) is 1.96. The lowest BCUT2D eigenvalue weighted by molar-refractivity contribution is 0.0845. The Kier molecular flexibility index (Phi) is 4.50. The number of nitrogens with one attached hydrogen (secondary N) is 1. The standard InChI is InChI=1S/C15H22N2O3/c18-3-4-19-9-12-6-15(12)11-5-14(8-16-7-11)20-10-13-1-2-17-13/h5,7-8,12-13,15,17-18H,1-4,6,9-10H2. The molecule has 1 aliphatic carbocycles. The van der Waals surface area contributed by atoms with Gasteiger partial charge in [-0.05, 0) is 42.9 Å². The highest BCUT2D eigenvalue weighted by Gasteiger charge is 2.38. The van der Waals surface area contributed by atoms with E-state index in [4.69, 9.17) is 14.6 Å². The lowest BCUT2D eigenvalue weighted by atomic mass is 10.1. The Morgan fingerprint density at radius 3 is 3.00 bits per heavy atom. The molecule has 2 N–H and O–H groups in total. The molecule has 0 amide bonds. The Hall–Kier alpha value is -1.17. The van der Waals surface area contributed by atoms with Crippen LogP contribution in [0.3, 0.4) is 0 Å². The third kappa shape index (κ3) is 3.48. The van der Waals surface area contributed by atoms with Gasteiger partial charge in [-0.2, -0.15) is 0 Å². The van der Waals surface area contributed by atoms with Crippen LogP contribution in [0.25, 0.3) is 0 Å². The summed E-state index contributed by atoms with van der Waals surface area (Å²) in [6.45, 7) is 3.07. The molecule has 0 spiro atoms. The van der Waals surface area contributed by atoms with Crippen LogP contribution in [0.4, 0.5) is 0 Å². The number of aliphatic hydroxyl groups is 1. The van der Waals surface area contributed by atoms with Crippen molar-refractivity contribution in [1.29, 1.82) is 0 Å². The van der Waals surface area contributed by atoms with Crippen LogP contribution in [-0.4, -0.2) is 49.1 Å². The second kappa shape index (κ2) is 6.52. The zero-order valence-electron chi connectivity index (χ0n) is 11.6. The average Bonchev–Trinajstić information content (AvgIpc) is 3.17. The van der Waals surface area contributed by atoms with E-state index in [2.05, 4.69) is 16.4 Å². The number of hydrogen-bond acceptors (Lipinski definition) is 5. The molecule has 1 aromatic heterocycles. The van der Waals surface area contributed by atoms with Crippen molar-refractivity contribution in [2.24, 2.45) is 5.92 Å². The van der Waals surface area contributed by atoms with Gasteiger partial charge in [0.25, 0.3) is 0 Å². The average molecular weight is 278 g/mol. The van der Waals surface area contributed by atoms with Crippen molar-refractivity contribution < 1.29 is 14.6 Å². The summed E-state index contributed by atoms with van der Waals surface area (Å²) in [6.07, 6.45) is 6.04. The van der Waals surface area contributed by atoms with E-state index in [1.165, 1.54) is 12.0 Å². The summed E-state index contributed by atoms with van der Waals surface area (Å²) in [5, 5.41) is 12.0. The molecule has 20 heavy (non-hydrogen) atoms. The molecule has 1 aliphatic heterocycles. The smallest absolute Gasteiger partial charge is 0.137 e. The van der Waals surface area contributed by atoms with Crippen LogP contribution in [0.2, 0.25) is 0 Å². The molecular formula is C15H22N2O3. The largest absolute Gasteiger partial charge is 0.490 e. The normalized spacial score (nSPS) is 27.9. The van der Waals surface area contributed by atoms with E-state index in [0.29, 0.717) is 24.5 Å². The van der Waals surface area contributed by atoms with Gasteiger partial charge in [0.2, 0.25) is 0 Å². The van der Waals surface area contributed by atoms with Gasteiger partial charge in [0.1, 0.15) is 12.4 Å². The lowest BCUT2D eigenvalue weighted by Crippen LogP contribution is -2.46. The van der Waals surface area contributed by atoms with Crippen LogP contribution >= 0.6 is 0 Å². The molecule has 2 heterocycles. The van der Waals surface area contributed by atoms with Gasteiger partial charge in [-0.3, -0.25) is 4.98 Å². The third-order valence-corrected chi connectivity index (χ3v) is 4.03. The molecule has 3 unspecified atom stereocenters. The molecule has 5 nitrogen and oxygen atoms in total. The fourth-order valence-corrected chi connectivity index (χ4v) is 2.54. The molecule has 5 heteroatoms. The molecule has 1 aromatic rings. The van der Waals surface area contributed by atoms with E-state index >= 15 is 0 Å². The number of nitrogens with zero attached hydrogens (tertiary/aromatic N) is 1. The number of hydrogen-bond donors (Lipinski definition) is 2. The van der Waals surface area contributed by atoms with E-state index in [1.807, 2.05) is 6.20 Å². The van der Waals surface area contributed by atoms with Crippen LogP contribution in [0.1, 0.15) is 24.3 Å². The summed E-state index contributed by atoms with van der Waals surface area (Å²) in [7, 11) is 0. The second-order valence-electron chi connectivity index (χ2n) is 5.61. The summed E-state index contributed by atoms with van der Waals surface area (Å²) in [6, 6.07) is 2.60. The molecule has 2 fully saturated rings. The predicted molar refractivity (Wildman–Crippen MR) is 74.9 cm³/mol. The molecule has 0 bridgehead atoms. The summed E-state index contributed by atoms with van der Waals surface area (Å²) >= 11 is 0. The highest BCUT2D eigenvalue weighted by atomic mass is 16.5. The second-order valence-corrected chi connectivity index (χ2v) is 5.61. The minimum atomic E-state index is 0.0947. The highest BCUT2D eigenvalue weighted by molar-refractivity contribution is 5.30. The van der Waals surface area contributed by atoms with Crippen molar-refractivity contribution in [3.63, 3.8) is 0 Å². The molecular weight excluding hydrogens is 256 g/mol. The topological polar surface area (TPSA) is 63.6 Å². The Morgan fingerprint density at radius 1 is 1.35 bits per heavy atom. The first kappa shape index (κ1) is 13.8. The van der Waals surface area contributed by atoms with Crippen LogP contribution < -0.4 is 10.1 Å². The van der Waals surface area contributed by atoms with Crippen molar-refractivity contribution in [3.8, 4) is 5.75 Å². The molecule has 2 aliphatic rings. The van der Waals surface area contributed by atoms with Crippen molar-refractivity contribution >= 4 is 0 Å². The van der Waals surface area contributed by atoms with E-state index in [0.717, 1.165) is 31.9 Å². The lowest BCUT2D eigenvalue weighted by Gasteiger charge is -2.27. The van der Waals surface area contributed by atoms with Crippen molar-refractivity contribution in [1.82, 2.24) is 10.3 Å². The van der Waals surface area contributed by atoms with E-state index < -0.39 is 0 Å². The minimum Gasteiger partial charge on any atom is -0.490 e. The quantitative estimate of drug-likeness (QED) is 0.693. The molecule has 0 aromatic carbocycles. The Balaban J connectivity index is 1.47. The fraction of sp³-hybridized carbons (Fsp3) is 0.667. The molecule has 0 radical (unpaired) electrons. The summed E-state index contributed by atoms with van der Waals surface area (Å²) in [5.41, 5.74) is 1.24. The molecule has 110 valence electrons. The molecule has 1 saturated heterocycles. The Labute approximate surface area is 119 Å². The third-order valence-electron chi connectivity index (χ3n) is 4.03. The van der Waals surface area contributed by atoms with Crippen LogP contribution in [-0.2, 0) is 4.74 Å². The van der Waals surface area contributed by atoms with Crippen molar-refractivity contribution in [2.75, 3.05) is 33.0 Å². The van der Waals surface area contributed by atoms with E-state index in [-0.39, 0.29) is 6.61 Å². The van der Waals surface area contributed by atoms with Crippen molar-refractivity contribution in [3.05, 3.63) is 24.0 Å². The van der Waals surface area contributed by atoms with Gasteiger partial charge in [0, 0.05) is 12.2 Å². The number of rotatable bonds is 8. The van der Waals surface area contributed by atoms with E-state index in [1.54, 1.807) is 6.20 Å². The zero-order valence-corrected chi connectivity index (χ0v) is 11.6. The monoisotopic (exact) mass is 278 g/mol. The van der Waals surface area contributed by atoms with Gasteiger partial charge < -0.3 is 19.9 Å². The van der Waals surface area contributed by atoms with Crippen LogP contribution in [0.15, 0.2) is 18.5 Å². The van der Waals surface area contributed by atoms with Gasteiger partial charge in [-0.25, -0.2) is 0 Å². The predicted octanol–water partition coefficient (Wildman–Crippen LogP) is 0.935. The van der Waals surface area contributed by atoms with E-state index in [9.17, 15) is 0 Å². The van der Waals surface area contributed by atoms with Crippen LogP contribution in [0.5, 0.6) is 5.75 Å². The van der Waals surface area contributed by atoms with Crippen LogP contribution in [0, 0.1) is 5.92 Å². The number of ether oxygens (including phenoxy) is 2. The highest BCUT2D eigenvalue weighted by Crippen LogP contribution is 2.47. The first-order valence-electron chi connectivity index (χ1n) is 7.36. The minimum absolute atomic E-state index is 0.0947. The maximum absolute atomic E-state index is 8.69. The number of aliphatic hydroxyl groups excluding tert-OH is 1. The zero-order chi connectivity index (χ0) is 13.8. The molecule has 1 saturated carbocycles. The van der Waals surface area contributed by atoms with Gasteiger partial charge in [-0.15, -0.1) is 0 Å². The summed E-state index contributed by atoms with van der Waals surface area (Å²) < 4.78 is 11.2. The maximum atomic E-state index is 8.69. The van der Waals surface area contributed by atoms with Gasteiger partial charge in [-0.1, -0.05) is 0 Å². The van der Waals surface area contributed by atoms with Gasteiger partial charge >= 0.3 is 0 Å². The first-order valence-corrected chi connectivity index (χ1v) is 7.36. The SMILES string of the molecule is OCCOCC1CC1c1cncc(OCC2CCN2)c1. The number of aromatic nitrogens is 1. The maximum Gasteiger partial charge on any atom is 0.137 e. The Bertz CT molecular complexity index is 437. The fourth-order valence-electron chi connectivity index (χ4n) is 2.54. The summed E-state index contributed by atoms with van der Waals surface area (Å²) in [4.78, 5) is 4.27. The Morgan fingerprint density at radius 2 is 2.25 bits per heavy atom.